The number of nitrogens with one attached hydrogen (secondary N) is 1. The molecule has 3 aromatic carbocycles. The van der Waals surface area contributed by atoms with Crippen molar-refractivity contribution < 1.29 is 19.4 Å². The Hall–Kier alpha value is -3.60. The van der Waals surface area contributed by atoms with Crippen molar-refractivity contribution in [1.82, 2.24) is 0 Å². The van der Waals surface area contributed by atoms with Crippen LogP contribution in [0, 0.1) is 13.8 Å². The van der Waals surface area contributed by atoms with Gasteiger partial charge in [0.25, 0.3) is 5.91 Å². The van der Waals surface area contributed by atoms with E-state index in [1.54, 1.807) is 36.4 Å². The SMILES string of the molecule is Cc1ccc(Oc2ccc(C(=O)Nc3cccc(C(=O)[O-])c3)cc2)cc1C. The lowest BCUT2D eigenvalue weighted by molar-refractivity contribution is -0.255. The van der Waals surface area contributed by atoms with Crippen molar-refractivity contribution in [3.8, 4) is 11.5 Å². The summed E-state index contributed by atoms with van der Waals surface area (Å²) in [4.78, 5) is 23.2. The van der Waals surface area contributed by atoms with E-state index in [9.17, 15) is 14.7 Å². The Morgan fingerprint density at radius 2 is 1.52 bits per heavy atom. The molecule has 27 heavy (non-hydrogen) atoms. The number of anilines is 1. The van der Waals surface area contributed by atoms with Gasteiger partial charge in [0.05, 0.1) is 5.97 Å². The van der Waals surface area contributed by atoms with Crippen LogP contribution in [0.3, 0.4) is 0 Å². The molecule has 0 heterocycles. The van der Waals surface area contributed by atoms with Crippen LogP contribution in [0.15, 0.2) is 66.7 Å². The molecule has 0 atom stereocenters. The molecule has 0 aliphatic heterocycles. The standard InChI is InChI=1S/C22H19NO4/c1-14-6-9-20(12-15(14)2)27-19-10-7-16(8-11-19)21(24)23-18-5-3-4-17(13-18)22(25)26/h3-13H,1-2H3,(H,23,24)(H,25,26)/p-1. The molecule has 0 aliphatic carbocycles. The molecular weight excluding hydrogens is 342 g/mol. The molecule has 3 aromatic rings. The first-order valence-corrected chi connectivity index (χ1v) is 8.40. The predicted molar refractivity (Wildman–Crippen MR) is 101 cm³/mol. The fourth-order valence-corrected chi connectivity index (χ4v) is 2.52. The molecule has 5 nitrogen and oxygen atoms in total. The Bertz CT molecular complexity index is 993. The predicted octanol–water partition coefficient (Wildman–Crippen LogP) is 3.71. The largest absolute Gasteiger partial charge is 0.545 e. The van der Waals surface area contributed by atoms with Gasteiger partial charge in [-0.3, -0.25) is 4.79 Å². The van der Waals surface area contributed by atoms with E-state index in [2.05, 4.69) is 5.32 Å². The average Bonchev–Trinajstić information content (AvgIpc) is 2.65. The van der Waals surface area contributed by atoms with Crippen LogP contribution < -0.4 is 15.2 Å². The van der Waals surface area contributed by atoms with Gasteiger partial charge in [-0.1, -0.05) is 18.2 Å². The number of ether oxygens (including phenoxy) is 1. The maximum atomic E-state index is 12.3. The van der Waals surface area contributed by atoms with Crippen molar-refractivity contribution in [2.45, 2.75) is 13.8 Å². The van der Waals surface area contributed by atoms with Gasteiger partial charge in [0, 0.05) is 11.3 Å². The lowest BCUT2D eigenvalue weighted by Gasteiger charge is -2.10. The molecule has 3 rings (SSSR count). The van der Waals surface area contributed by atoms with E-state index in [0.29, 0.717) is 17.0 Å². The number of aryl methyl sites for hydroxylation is 2. The van der Waals surface area contributed by atoms with Crippen LogP contribution in [-0.2, 0) is 0 Å². The number of carboxylic acids is 1. The first-order valence-electron chi connectivity index (χ1n) is 8.40. The normalized spacial score (nSPS) is 10.3. The Labute approximate surface area is 157 Å². The lowest BCUT2D eigenvalue weighted by atomic mass is 10.1. The second-order valence-corrected chi connectivity index (χ2v) is 6.19. The number of hydrogen-bond donors (Lipinski definition) is 1. The Balaban J connectivity index is 1.69. The Kier molecular flexibility index (Phi) is 5.22. The van der Waals surface area contributed by atoms with E-state index >= 15 is 0 Å². The van der Waals surface area contributed by atoms with Crippen LogP contribution in [0.5, 0.6) is 11.5 Å². The summed E-state index contributed by atoms with van der Waals surface area (Å²) in [5.74, 6) is -0.287. The molecule has 0 aliphatic rings. The molecule has 0 spiro atoms. The van der Waals surface area contributed by atoms with Crippen molar-refractivity contribution in [2.24, 2.45) is 0 Å². The molecule has 0 fully saturated rings. The second kappa shape index (κ2) is 7.74. The summed E-state index contributed by atoms with van der Waals surface area (Å²) in [7, 11) is 0. The molecule has 5 heteroatoms. The zero-order chi connectivity index (χ0) is 19.4. The van der Waals surface area contributed by atoms with Gasteiger partial charge in [-0.2, -0.15) is 0 Å². The van der Waals surface area contributed by atoms with Gasteiger partial charge in [-0.25, -0.2) is 0 Å². The molecule has 0 unspecified atom stereocenters. The third-order valence-electron chi connectivity index (χ3n) is 4.19. The van der Waals surface area contributed by atoms with E-state index < -0.39 is 5.97 Å². The Morgan fingerprint density at radius 3 is 2.19 bits per heavy atom. The highest BCUT2D eigenvalue weighted by Gasteiger charge is 2.08. The second-order valence-electron chi connectivity index (χ2n) is 6.19. The van der Waals surface area contributed by atoms with Crippen molar-refractivity contribution in [3.63, 3.8) is 0 Å². The zero-order valence-corrected chi connectivity index (χ0v) is 15.0. The Morgan fingerprint density at radius 1 is 0.815 bits per heavy atom. The number of aromatic carboxylic acids is 1. The minimum Gasteiger partial charge on any atom is -0.545 e. The minimum absolute atomic E-state index is 0.00457. The summed E-state index contributed by atoms with van der Waals surface area (Å²) in [5.41, 5.74) is 3.16. The van der Waals surface area contributed by atoms with Crippen LogP contribution >= 0.6 is 0 Å². The van der Waals surface area contributed by atoms with Gasteiger partial charge >= 0.3 is 0 Å². The monoisotopic (exact) mass is 360 g/mol. The summed E-state index contributed by atoms with van der Waals surface area (Å²) in [5, 5.41) is 13.6. The zero-order valence-electron chi connectivity index (χ0n) is 15.0. The van der Waals surface area contributed by atoms with E-state index in [0.717, 1.165) is 11.3 Å². The number of carboxylic acid groups (broad SMARTS) is 1. The third-order valence-corrected chi connectivity index (χ3v) is 4.19. The number of rotatable bonds is 5. The molecule has 0 aromatic heterocycles. The molecule has 0 radical (unpaired) electrons. The number of benzene rings is 3. The van der Waals surface area contributed by atoms with Gasteiger partial charge in [0.2, 0.25) is 0 Å². The fourth-order valence-electron chi connectivity index (χ4n) is 2.52. The summed E-state index contributed by atoms with van der Waals surface area (Å²) < 4.78 is 5.81. The summed E-state index contributed by atoms with van der Waals surface area (Å²) in [6.07, 6.45) is 0. The highest BCUT2D eigenvalue weighted by Crippen LogP contribution is 2.24. The smallest absolute Gasteiger partial charge is 0.255 e. The molecule has 0 bridgehead atoms. The highest BCUT2D eigenvalue weighted by atomic mass is 16.5. The van der Waals surface area contributed by atoms with Crippen molar-refractivity contribution >= 4 is 17.6 Å². The number of amides is 1. The maximum absolute atomic E-state index is 12.3. The highest BCUT2D eigenvalue weighted by molar-refractivity contribution is 6.04. The van der Waals surface area contributed by atoms with E-state index in [4.69, 9.17) is 4.74 Å². The lowest BCUT2D eigenvalue weighted by Crippen LogP contribution is -2.22. The quantitative estimate of drug-likeness (QED) is 0.752. The van der Waals surface area contributed by atoms with Gasteiger partial charge in [0.15, 0.2) is 0 Å². The topological polar surface area (TPSA) is 78.5 Å². The summed E-state index contributed by atoms with van der Waals surface area (Å²) in [6, 6.07) is 18.5. The fraction of sp³-hybridized carbons (Fsp3) is 0.0909. The average molecular weight is 360 g/mol. The number of hydrogen-bond acceptors (Lipinski definition) is 4. The van der Waals surface area contributed by atoms with E-state index in [1.807, 2.05) is 32.0 Å². The van der Waals surface area contributed by atoms with Crippen LogP contribution in [0.2, 0.25) is 0 Å². The van der Waals surface area contributed by atoms with Crippen LogP contribution in [0.4, 0.5) is 5.69 Å². The van der Waals surface area contributed by atoms with Gasteiger partial charge < -0.3 is 20.0 Å². The van der Waals surface area contributed by atoms with Crippen molar-refractivity contribution in [3.05, 3.63) is 89.0 Å². The van der Waals surface area contributed by atoms with Crippen LogP contribution in [0.25, 0.3) is 0 Å². The molecule has 1 amide bonds. The van der Waals surface area contributed by atoms with E-state index in [-0.39, 0.29) is 11.5 Å². The molecule has 1 N–H and O–H groups in total. The first-order chi connectivity index (χ1) is 12.9. The number of carbonyl (C=O) groups excluding carboxylic acids is 2. The molecule has 136 valence electrons. The number of carbonyl (C=O) groups is 2. The molecular formula is C22H18NO4-. The molecule has 0 saturated carbocycles. The van der Waals surface area contributed by atoms with Gasteiger partial charge in [0.1, 0.15) is 11.5 Å². The van der Waals surface area contributed by atoms with Crippen molar-refractivity contribution in [1.29, 1.82) is 0 Å². The van der Waals surface area contributed by atoms with Crippen LogP contribution in [-0.4, -0.2) is 11.9 Å². The first kappa shape index (κ1) is 18.2. The summed E-state index contributed by atoms with van der Waals surface area (Å²) >= 11 is 0. The molecule has 0 saturated heterocycles. The van der Waals surface area contributed by atoms with Gasteiger partial charge in [-0.05, 0) is 79.1 Å². The maximum Gasteiger partial charge on any atom is 0.255 e. The minimum atomic E-state index is -1.29. The van der Waals surface area contributed by atoms with Gasteiger partial charge in [-0.15, -0.1) is 0 Å². The van der Waals surface area contributed by atoms with Crippen LogP contribution in [0.1, 0.15) is 31.8 Å². The van der Waals surface area contributed by atoms with Crippen molar-refractivity contribution in [2.75, 3.05) is 5.32 Å². The third kappa shape index (κ3) is 4.52. The van der Waals surface area contributed by atoms with E-state index in [1.165, 1.54) is 17.7 Å². The summed E-state index contributed by atoms with van der Waals surface area (Å²) in [6.45, 7) is 4.06.